The summed E-state index contributed by atoms with van der Waals surface area (Å²) in [5, 5.41) is 21.7. The highest BCUT2D eigenvalue weighted by Gasteiger charge is 2.45. The molecule has 3 aromatic carbocycles. The van der Waals surface area contributed by atoms with Crippen molar-refractivity contribution in [1.82, 2.24) is 4.90 Å². The summed E-state index contributed by atoms with van der Waals surface area (Å²) in [6, 6.07) is 22.3. The third-order valence-electron chi connectivity index (χ3n) is 5.88. The van der Waals surface area contributed by atoms with Crippen LogP contribution in [0.4, 0.5) is 0 Å². The zero-order chi connectivity index (χ0) is 26.1. The van der Waals surface area contributed by atoms with Gasteiger partial charge in [0, 0.05) is 13.1 Å². The number of guanidine groups is 1. The highest BCUT2D eigenvalue weighted by Crippen LogP contribution is 2.33. The van der Waals surface area contributed by atoms with Gasteiger partial charge in [-0.2, -0.15) is 0 Å². The summed E-state index contributed by atoms with van der Waals surface area (Å²) < 4.78 is 0. The molecule has 36 heavy (non-hydrogen) atoms. The summed E-state index contributed by atoms with van der Waals surface area (Å²) >= 11 is 0. The topological polar surface area (TPSA) is 168 Å². The van der Waals surface area contributed by atoms with Gasteiger partial charge in [0.1, 0.15) is 11.8 Å². The van der Waals surface area contributed by atoms with Crippen LogP contribution in [-0.4, -0.2) is 45.5 Å². The van der Waals surface area contributed by atoms with Crippen LogP contribution in [0.1, 0.15) is 29.5 Å². The maximum atomic E-state index is 14.3. The molecule has 2 amide bonds. The Hall–Kier alpha value is -4.37. The molecular weight excluding hydrogens is 458 g/mol. The van der Waals surface area contributed by atoms with Crippen LogP contribution in [0.3, 0.4) is 0 Å². The summed E-state index contributed by atoms with van der Waals surface area (Å²) in [5.74, 6) is -1.45. The molecule has 3 rings (SSSR count). The van der Waals surface area contributed by atoms with Crippen molar-refractivity contribution in [2.24, 2.45) is 22.2 Å². The van der Waals surface area contributed by atoms with Crippen molar-refractivity contribution < 1.29 is 19.8 Å². The van der Waals surface area contributed by atoms with E-state index in [0.717, 1.165) is 0 Å². The second-order valence-corrected chi connectivity index (χ2v) is 8.41. The van der Waals surface area contributed by atoms with Gasteiger partial charge in [0.25, 0.3) is 5.91 Å². The normalized spacial score (nSPS) is 11.9. The van der Waals surface area contributed by atoms with E-state index in [1.165, 1.54) is 17.0 Å². The lowest BCUT2D eigenvalue weighted by Crippen LogP contribution is -2.55. The number of carbonyl (C=O) groups excluding carboxylic acids is 2. The quantitative estimate of drug-likeness (QED) is 0.156. The van der Waals surface area contributed by atoms with Gasteiger partial charge in [-0.25, -0.2) is 0 Å². The molecule has 1 atom stereocenters. The fourth-order valence-electron chi connectivity index (χ4n) is 4.05. The zero-order valence-corrected chi connectivity index (χ0v) is 19.8. The minimum absolute atomic E-state index is 0.0308. The highest BCUT2D eigenvalue weighted by atomic mass is 16.3. The molecule has 0 unspecified atom stereocenters. The largest absolute Gasteiger partial charge is 0.508 e. The molecule has 0 fully saturated rings. The Morgan fingerprint density at radius 3 is 1.86 bits per heavy atom. The molecule has 0 aliphatic carbocycles. The molecule has 0 saturated carbocycles. The average Bonchev–Trinajstić information content (AvgIpc) is 2.88. The van der Waals surface area contributed by atoms with Crippen LogP contribution in [0.5, 0.6) is 5.75 Å². The van der Waals surface area contributed by atoms with Crippen LogP contribution >= 0.6 is 0 Å². The number of hydrogen-bond acceptors (Lipinski definition) is 5. The number of carbonyl (C=O) groups is 2. The first-order valence-electron chi connectivity index (χ1n) is 11.5. The lowest BCUT2D eigenvalue weighted by Gasteiger charge is -2.37. The number of nitrogens with zero attached hydrogens (tertiary/aromatic N) is 2. The molecule has 3 aromatic rings. The maximum absolute atomic E-state index is 14.3. The first-order chi connectivity index (χ1) is 17.2. The predicted octanol–water partition coefficient (Wildman–Crippen LogP) is 1.56. The van der Waals surface area contributed by atoms with Gasteiger partial charge in [0.15, 0.2) is 11.6 Å². The van der Waals surface area contributed by atoms with Crippen molar-refractivity contribution in [1.29, 1.82) is 0 Å². The molecule has 0 heterocycles. The molecule has 188 valence electrons. The van der Waals surface area contributed by atoms with Crippen LogP contribution in [0.15, 0.2) is 89.9 Å². The predicted molar refractivity (Wildman–Crippen MR) is 137 cm³/mol. The van der Waals surface area contributed by atoms with Gasteiger partial charge >= 0.3 is 0 Å². The highest BCUT2D eigenvalue weighted by molar-refractivity contribution is 5.94. The molecule has 0 aliphatic heterocycles. The van der Waals surface area contributed by atoms with Gasteiger partial charge in [-0.05, 0) is 41.7 Å². The minimum atomic E-state index is -2.09. The molecular formula is C27H31N5O4. The fourth-order valence-corrected chi connectivity index (χ4v) is 4.05. The Morgan fingerprint density at radius 2 is 1.39 bits per heavy atom. The number of nitrogens with two attached hydrogens (primary N) is 3. The van der Waals surface area contributed by atoms with E-state index < -0.39 is 23.5 Å². The van der Waals surface area contributed by atoms with Crippen molar-refractivity contribution in [3.63, 3.8) is 0 Å². The number of aliphatic imine (C=N–C) groups is 1. The van der Waals surface area contributed by atoms with E-state index in [1.807, 2.05) is 0 Å². The van der Waals surface area contributed by atoms with Gasteiger partial charge in [-0.15, -0.1) is 0 Å². The lowest BCUT2D eigenvalue weighted by molar-refractivity contribution is -0.154. The van der Waals surface area contributed by atoms with E-state index in [-0.39, 0.29) is 31.2 Å². The molecule has 9 nitrogen and oxygen atoms in total. The minimum Gasteiger partial charge on any atom is -0.508 e. The molecule has 0 saturated heterocycles. The molecule has 0 aromatic heterocycles. The Bertz CT molecular complexity index is 1140. The standard InChI is InChI=1S/C27H31N5O4/c28-24(34)23(12-7-17-31-26(29)30)32(18-19-13-15-22(33)16-14-19)25(35)27(36,20-8-3-1-4-9-20)21-10-5-2-6-11-21/h1-6,8-11,13-16,23,33,36H,7,12,17-18H2,(H2,28,34)(H4,29,30,31)/t23-/m0/s1. The Kier molecular flexibility index (Phi) is 8.64. The summed E-state index contributed by atoms with van der Waals surface area (Å²) in [5.41, 5.74) is 15.8. The average molecular weight is 490 g/mol. The smallest absolute Gasteiger partial charge is 0.264 e. The van der Waals surface area contributed by atoms with Crippen molar-refractivity contribution in [2.75, 3.05) is 6.54 Å². The number of amides is 2. The zero-order valence-electron chi connectivity index (χ0n) is 19.8. The molecule has 0 spiro atoms. The number of primary amides is 1. The molecule has 0 aliphatic rings. The number of benzene rings is 3. The van der Waals surface area contributed by atoms with E-state index in [4.69, 9.17) is 17.2 Å². The second-order valence-electron chi connectivity index (χ2n) is 8.41. The Balaban J connectivity index is 2.08. The number of aliphatic hydroxyl groups is 1. The Labute approximate surface area is 209 Å². The van der Waals surface area contributed by atoms with Crippen LogP contribution in [0.2, 0.25) is 0 Å². The number of rotatable bonds is 11. The number of hydrogen-bond donors (Lipinski definition) is 5. The SMILES string of the molecule is NC(=O)[C@H](CCCN=C(N)N)N(Cc1ccc(O)cc1)C(=O)C(O)(c1ccccc1)c1ccccc1. The van der Waals surface area contributed by atoms with Gasteiger partial charge in [-0.1, -0.05) is 72.8 Å². The summed E-state index contributed by atoms with van der Waals surface area (Å²) in [6.07, 6.45) is 0.551. The summed E-state index contributed by atoms with van der Waals surface area (Å²) in [4.78, 5) is 32.1. The van der Waals surface area contributed by atoms with E-state index in [2.05, 4.69) is 4.99 Å². The Morgan fingerprint density at radius 1 is 0.861 bits per heavy atom. The summed E-state index contributed by atoms with van der Waals surface area (Å²) in [7, 11) is 0. The first kappa shape index (κ1) is 26.2. The van der Waals surface area contributed by atoms with Crippen LogP contribution in [-0.2, 0) is 21.7 Å². The van der Waals surface area contributed by atoms with Crippen LogP contribution in [0, 0.1) is 0 Å². The van der Waals surface area contributed by atoms with Crippen molar-refractivity contribution in [2.45, 2.75) is 31.0 Å². The second kappa shape index (κ2) is 11.9. The third kappa shape index (κ3) is 6.19. The van der Waals surface area contributed by atoms with Gasteiger partial charge in [0.2, 0.25) is 5.91 Å². The van der Waals surface area contributed by atoms with Crippen molar-refractivity contribution >= 4 is 17.8 Å². The van der Waals surface area contributed by atoms with Gasteiger partial charge < -0.3 is 32.3 Å². The van der Waals surface area contributed by atoms with E-state index >= 15 is 0 Å². The third-order valence-corrected chi connectivity index (χ3v) is 5.88. The molecule has 0 radical (unpaired) electrons. The lowest BCUT2D eigenvalue weighted by atomic mass is 9.84. The monoisotopic (exact) mass is 489 g/mol. The van der Waals surface area contributed by atoms with Crippen LogP contribution < -0.4 is 17.2 Å². The van der Waals surface area contributed by atoms with Gasteiger partial charge in [-0.3, -0.25) is 14.6 Å². The van der Waals surface area contributed by atoms with Gasteiger partial charge in [0.05, 0.1) is 0 Å². The number of aromatic hydroxyl groups is 1. The van der Waals surface area contributed by atoms with E-state index in [0.29, 0.717) is 23.1 Å². The molecule has 9 heteroatoms. The van der Waals surface area contributed by atoms with Crippen molar-refractivity contribution in [3.8, 4) is 5.75 Å². The first-order valence-corrected chi connectivity index (χ1v) is 11.5. The summed E-state index contributed by atoms with van der Waals surface area (Å²) in [6.45, 7) is 0.214. The number of phenols is 1. The maximum Gasteiger partial charge on any atom is 0.264 e. The van der Waals surface area contributed by atoms with Crippen LogP contribution in [0.25, 0.3) is 0 Å². The molecule has 0 bridgehead atoms. The number of phenolic OH excluding ortho intramolecular Hbond substituents is 1. The molecule has 8 N–H and O–H groups in total. The van der Waals surface area contributed by atoms with E-state index in [9.17, 15) is 19.8 Å². The van der Waals surface area contributed by atoms with Crippen molar-refractivity contribution in [3.05, 3.63) is 102 Å². The van der Waals surface area contributed by atoms with E-state index in [1.54, 1.807) is 72.8 Å². The fraction of sp³-hybridized carbons (Fsp3) is 0.222.